The van der Waals surface area contributed by atoms with E-state index in [1.165, 1.54) is 0 Å². The fraction of sp³-hybridized carbons (Fsp3) is 0.312. The lowest BCUT2D eigenvalue weighted by atomic mass is 10.0. The van der Waals surface area contributed by atoms with Crippen molar-refractivity contribution in [1.82, 2.24) is 15.0 Å². The quantitative estimate of drug-likeness (QED) is 0.138. The number of hydrogen-bond acceptors (Lipinski definition) is 13. The van der Waals surface area contributed by atoms with Crippen molar-refractivity contribution in [3.63, 3.8) is 0 Å². The van der Waals surface area contributed by atoms with Crippen LogP contribution in [-0.2, 0) is 0 Å². The molecule has 2 fully saturated rings. The maximum absolute atomic E-state index is 12.8. The number of carbonyl (C=O) groups excluding carboxylic acids is 1. The van der Waals surface area contributed by atoms with Crippen LogP contribution in [-0.4, -0.2) is 76.2 Å². The second-order valence-corrected chi connectivity index (χ2v) is 12.2. The van der Waals surface area contributed by atoms with E-state index >= 15 is 0 Å². The minimum Gasteiger partial charge on any atom is -0.506 e. The monoisotopic (exact) mass is 607 g/mol. The molecule has 7 rings (SSSR count). The first kappa shape index (κ1) is 28.9. The molecule has 4 atom stereocenters. The van der Waals surface area contributed by atoms with Gasteiger partial charge in [-0.2, -0.15) is 15.0 Å². The smallest absolute Gasteiger partial charge is 0.233 e. The number of rotatable bonds is 6. The van der Waals surface area contributed by atoms with Gasteiger partial charge in [-0.05, 0) is 54.3 Å². The van der Waals surface area contributed by atoms with Gasteiger partial charge in [-0.15, -0.1) is 0 Å². The molecule has 0 saturated carbocycles. The van der Waals surface area contributed by atoms with Gasteiger partial charge in [0.25, 0.3) is 0 Å². The number of nitrogens with one attached hydrogen (secondary N) is 2. The molecule has 2 aliphatic heterocycles. The second kappa shape index (κ2) is 11.6. The Labute approximate surface area is 260 Å². The van der Waals surface area contributed by atoms with Crippen LogP contribution in [0.25, 0.3) is 11.1 Å². The highest BCUT2D eigenvalue weighted by Gasteiger charge is 2.29. The molecule has 0 amide bonds. The largest absolute Gasteiger partial charge is 0.506 e. The summed E-state index contributed by atoms with van der Waals surface area (Å²) in [5.74, 6) is 1.26. The third-order valence-corrected chi connectivity index (χ3v) is 8.47. The molecule has 0 bridgehead atoms. The summed E-state index contributed by atoms with van der Waals surface area (Å²) in [6.07, 6.45) is 1.46. The fourth-order valence-electron chi connectivity index (χ4n) is 6.48. The molecule has 4 aromatic rings. The highest BCUT2D eigenvalue weighted by molar-refractivity contribution is 6.22. The first-order valence-electron chi connectivity index (χ1n) is 15.1. The topological polar surface area (TPSA) is 211 Å². The Kier molecular flexibility index (Phi) is 7.45. The van der Waals surface area contributed by atoms with Gasteiger partial charge in [0, 0.05) is 78.9 Å². The predicted molar refractivity (Wildman–Crippen MR) is 175 cm³/mol. The molecule has 13 nitrogen and oxygen atoms in total. The van der Waals surface area contributed by atoms with E-state index in [4.69, 9.17) is 37.9 Å². The Morgan fingerprint density at radius 1 is 0.644 bits per heavy atom. The van der Waals surface area contributed by atoms with Gasteiger partial charge in [-0.1, -0.05) is 24.3 Å². The number of nitrogens with zero attached hydrogens (tertiary/aromatic N) is 5. The Hall–Kier alpha value is -4.82. The average Bonchev–Trinajstić information content (AvgIpc) is 3.28. The van der Waals surface area contributed by atoms with Crippen molar-refractivity contribution < 1.29 is 9.90 Å². The van der Waals surface area contributed by atoms with Gasteiger partial charge in [0.2, 0.25) is 17.8 Å². The van der Waals surface area contributed by atoms with E-state index in [2.05, 4.69) is 10.6 Å². The zero-order chi connectivity index (χ0) is 31.2. The van der Waals surface area contributed by atoms with Crippen molar-refractivity contribution in [2.75, 3.05) is 46.6 Å². The van der Waals surface area contributed by atoms with Gasteiger partial charge >= 0.3 is 0 Å². The third-order valence-electron chi connectivity index (χ3n) is 8.47. The van der Waals surface area contributed by atoms with Crippen molar-refractivity contribution in [2.24, 2.45) is 22.9 Å². The van der Waals surface area contributed by atoms with Crippen molar-refractivity contribution in [3.05, 3.63) is 71.8 Å². The van der Waals surface area contributed by atoms with Gasteiger partial charge in [0.1, 0.15) is 5.75 Å². The van der Waals surface area contributed by atoms with Gasteiger partial charge in [0.05, 0.1) is 5.69 Å². The lowest BCUT2D eigenvalue weighted by Gasteiger charge is -2.37. The average molecular weight is 608 g/mol. The predicted octanol–water partition coefficient (Wildman–Crippen LogP) is 2.01. The van der Waals surface area contributed by atoms with Crippen molar-refractivity contribution in [2.45, 2.75) is 37.0 Å². The third kappa shape index (κ3) is 5.85. The van der Waals surface area contributed by atoms with E-state index in [9.17, 15) is 9.90 Å². The molecule has 3 heterocycles. The van der Waals surface area contributed by atoms with Gasteiger partial charge < -0.3 is 48.5 Å². The molecule has 45 heavy (non-hydrogen) atoms. The summed E-state index contributed by atoms with van der Waals surface area (Å²) in [6, 6.07) is 17.9. The SMILES string of the molecule is N[C@@H]1C[C@H](N)CN(c2nc(Nc3ccc(Nc4ccc5c(c4)-c4ccccc4C5=O)c(O)c3)nc(N3C[C@H](N)C[C@H](N)C3)n2)C1. The zero-order valence-electron chi connectivity index (χ0n) is 24.7. The van der Waals surface area contributed by atoms with Gasteiger partial charge in [-0.25, -0.2) is 0 Å². The van der Waals surface area contributed by atoms with Crippen LogP contribution in [0.4, 0.5) is 34.9 Å². The number of hydrogen-bond donors (Lipinski definition) is 7. The number of aromatic hydroxyl groups is 1. The van der Waals surface area contributed by atoms with Crippen LogP contribution in [0, 0.1) is 0 Å². The lowest BCUT2D eigenvalue weighted by molar-refractivity contribution is 0.104. The van der Waals surface area contributed by atoms with E-state index in [0.717, 1.165) is 29.7 Å². The summed E-state index contributed by atoms with van der Waals surface area (Å²) in [7, 11) is 0. The molecule has 0 unspecified atom stereocenters. The molecule has 3 aromatic carbocycles. The van der Waals surface area contributed by atoms with Crippen molar-refractivity contribution >= 4 is 40.7 Å². The standard InChI is InChI=1S/C32H37N11O2/c33-17-9-18(34)14-42(13-17)31-39-30(40-32(41-31)43-15-19(35)10-20(36)16-43)38-22-6-8-27(28(44)12-22)37-21-5-7-25-26(11-21)23-3-1-2-4-24(23)29(25)45/h1-8,11-12,17-20,37,44H,9-10,13-16,33-36H2,(H,38,39,40,41)/t17-,18+,19-,20+. The molecular formula is C32H37N11O2. The summed E-state index contributed by atoms with van der Waals surface area (Å²) in [5, 5.41) is 17.5. The van der Waals surface area contributed by atoms with Crippen LogP contribution < -0.4 is 43.4 Å². The molecule has 3 aliphatic rings. The Bertz CT molecular complexity index is 1700. The van der Waals surface area contributed by atoms with Crippen LogP contribution in [0.3, 0.4) is 0 Å². The highest BCUT2D eigenvalue weighted by Crippen LogP contribution is 2.39. The number of fused-ring (bicyclic) bond motifs is 3. The van der Waals surface area contributed by atoms with E-state index in [-0.39, 0.29) is 35.7 Å². The molecule has 11 N–H and O–H groups in total. The minimum atomic E-state index is -0.0971. The van der Waals surface area contributed by atoms with Crippen molar-refractivity contribution in [3.8, 4) is 16.9 Å². The molecule has 0 spiro atoms. The Balaban J connectivity index is 1.14. The fourth-order valence-corrected chi connectivity index (χ4v) is 6.48. The van der Waals surface area contributed by atoms with Crippen LogP contribution in [0.1, 0.15) is 28.8 Å². The number of carbonyl (C=O) groups is 1. The van der Waals surface area contributed by atoms with E-state index in [1.807, 2.05) is 58.3 Å². The first-order valence-corrected chi connectivity index (χ1v) is 15.1. The number of anilines is 6. The minimum absolute atomic E-state index is 0.0204. The number of ketones is 1. The molecule has 2 saturated heterocycles. The summed E-state index contributed by atoms with van der Waals surface area (Å²) in [5.41, 5.74) is 30.1. The molecule has 13 heteroatoms. The highest BCUT2D eigenvalue weighted by atomic mass is 16.3. The summed E-state index contributed by atoms with van der Waals surface area (Å²) in [4.78, 5) is 30.9. The van der Waals surface area contributed by atoms with Gasteiger partial charge in [0.15, 0.2) is 5.78 Å². The van der Waals surface area contributed by atoms with Crippen LogP contribution in [0.2, 0.25) is 0 Å². The molecule has 1 aromatic heterocycles. The summed E-state index contributed by atoms with van der Waals surface area (Å²) in [6.45, 7) is 2.27. The van der Waals surface area contributed by atoms with Crippen LogP contribution >= 0.6 is 0 Å². The second-order valence-electron chi connectivity index (χ2n) is 12.2. The Morgan fingerprint density at radius 3 is 1.78 bits per heavy atom. The number of piperidine rings is 2. The number of phenolic OH excluding ortho intramolecular Hbond substituents is 1. The van der Waals surface area contributed by atoms with E-state index in [0.29, 0.717) is 66.5 Å². The first-order chi connectivity index (χ1) is 21.7. The van der Waals surface area contributed by atoms with E-state index < -0.39 is 0 Å². The Morgan fingerprint density at radius 2 is 1.18 bits per heavy atom. The number of nitrogens with two attached hydrogens (primary N) is 4. The maximum Gasteiger partial charge on any atom is 0.233 e. The zero-order valence-corrected chi connectivity index (χ0v) is 24.7. The normalized spacial score (nSPS) is 22.6. The number of benzene rings is 3. The summed E-state index contributed by atoms with van der Waals surface area (Å²) >= 11 is 0. The molecule has 0 radical (unpaired) electrons. The van der Waals surface area contributed by atoms with Crippen LogP contribution in [0.5, 0.6) is 5.75 Å². The molecule has 232 valence electrons. The van der Waals surface area contributed by atoms with Gasteiger partial charge in [-0.3, -0.25) is 4.79 Å². The number of phenols is 1. The lowest BCUT2D eigenvalue weighted by Crippen LogP contribution is -2.54. The molecule has 1 aliphatic carbocycles. The molecular weight excluding hydrogens is 570 g/mol. The summed E-state index contributed by atoms with van der Waals surface area (Å²) < 4.78 is 0. The number of aromatic nitrogens is 3. The van der Waals surface area contributed by atoms with E-state index in [1.54, 1.807) is 12.1 Å². The van der Waals surface area contributed by atoms with Crippen molar-refractivity contribution in [1.29, 1.82) is 0 Å². The van der Waals surface area contributed by atoms with Crippen LogP contribution in [0.15, 0.2) is 60.7 Å². The maximum atomic E-state index is 12.8.